The monoisotopic (exact) mass is 428 g/mol. The van der Waals surface area contributed by atoms with E-state index in [1.165, 1.54) is 6.07 Å². The third-order valence-electron chi connectivity index (χ3n) is 6.43. The summed E-state index contributed by atoms with van der Waals surface area (Å²) in [6.45, 7) is 1.16. The highest BCUT2D eigenvalue weighted by molar-refractivity contribution is 5.95. The molecule has 0 radical (unpaired) electrons. The first kappa shape index (κ1) is 20.2. The fraction of sp³-hybridized carbons (Fsp3) is 0.435. The van der Waals surface area contributed by atoms with Crippen LogP contribution in [0.25, 0.3) is 0 Å². The summed E-state index contributed by atoms with van der Waals surface area (Å²) in [5, 5.41) is 24.3. The van der Waals surface area contributed by atoms with Crippen LogP contribution < -0.4 is 14.8 Å². The molecule has 3 aliphatic rings. The summed E-state index contributed by atoms with van der Waals surface area (Å²) < 4.78 is 25.7. The van der Waals surface area contributed by atoms with E-state index >= 15 is 0 Å². The van der Waals surface area contributed by atoms with Gasteiger partial charge in [-0.25, -0.2) is 4.39 Å². The Bertz CT molecular complexity index is 987. The van der Waals surface area contributed by atoms with E-state index in [1.807, 2.05) is 35.2 Å². The smallest absolute Gasteiger partial charge is 0.262 e. The molecule has 2 aromatic rings. The second kappa shape index (κ2) is 7.78. The standard InChI is InChI=1S/C23H25FN2O5/c24-18-6-14(7-20-22(18)25-21(28)12-30-20)19(27)11-26-10-15-8-17(9-23(15,29)13-26)31-16-4-2-1-3-5-16/h1-7,15,17,19,27,29H,8-13H2,(H,25,28)/t15-,17+,19?,23-/m1/s1. The Morgan fingerprint density at radius 2 is 2.13 bits per heavy atom. The number of carbonyl (C=O) groups excluding carboxylic acids is 1. The number of hydrogen-bond donors (Lipinski definition) is 3. The molecule has 1 aliphatic carbocycles. The third kappa shape index (κ3) is 3.98. The lowest BCUT2D eigenvalue weighted by atomic mass is 9.95. The van der Waals surface area contributed by atoms with E-state index in [-0.39, 0.29) is 36.6 Å². The van der Waals surface area contributed by atoms with Gasteiger partial charge in [0, 0.05) is 32.0 Å². The molecule has 2 aliphatic heterocycles. The van der Waals surface area contributed by atoms with E-state index in [0.29, 0.717) is 25.1 Å². The Labute approximate surface area is 179 Å². The van der Waals surface area contributed by atoms with Gasteiger partial charge in [0.25, 0.3) is 5.91 Å². The second-order valence-corrected chi connectivity index (χ2v) is 8.72. The van der Waals surface area contributed by atoms with Gasteiger partial charge in [-0.15, -0.1) is 0 Å². The summed E-state index contributed by atoms with van der Waals surface area (Å²) in [6, 6.07) is 12.4. The molecule has 4 atom stereocenters. The van der Waals surface area contributed by atoms with Crippen LogP contribution in [-0.4, -0.2) is 59.0 Å². The molecule has 7 nitrogen and oxygen atoms in total. The number of ether oxygens (including phenoxy) is 2. The lowest BCUT2D eigenvalue weighted by molar-refractivity contribution is -0.118. The number of hydrogen-bond acceptors (Lipinski definition) is 6. The average Bonchev–Trinajstić information content (AvgIpc) is 3.19. The predicted molar refractivity (Wildman–Crippen MR) is 110 cm³/mol. The van der Waals surface area contributed by atoms with Gasteiger partial charge in [0.2, 0.25) is 0 Å². The number of likely N-dealkylation sites (tertiary alicyclic amines) is 1. The molecule has 0 bridgehead atoms. The zero-order valence-corrected chi connectivity index (χ0v) is 17.0. The lowest BCUT2D eigenvalue weighted by Crippen LogP contribution is -2.36. The van der Waals surface area contributed by atoms with Crippen molar-refractivity contribution in [2.75, 3.05) is 31.6 Å². The van der Waals surface area contributed by atoms with Crippen molar-refractivity contribution in [3.05, 3.63) is 53.8 Å². The lowest BCUT2D eigenvalue weighted by Gasteiger charge is -2.26. The van der Waals surface area contributed by atoms with Gasteiger partial charge in [-0.3, -0.25) is 9.69 Å². The molecule has 1 saturated carbocycles. The van der Waals surface area contributed by atoms with Crippen molar-refractivity contribution in [3.63, 3.8) is 0 Å². The van der Waals surface area contributed by atoms with Crippen molar-refractivity contribution in [1.82, 2.24) is 4.90 Å². The Kier molecular flexibility index (Phi) is 5.08. The first-order valence-electron chi connectivity index (χ1n) is 10.5. The molecule has 31 heavy (non-hydrogen) atoms. The van der Waals surface area contributed by atoms with Crippen LogP contribution in [0, 0.1) is 11.7 Å². The average molecular weight is 428 g/mol. The zero-order chi connectivity index (χ0) is 21.6. The highest BCUT2D eigenvalue weighted by Crippen LogP contribution is 2.43. The van der Waals surface area contributed by atoms with Crippen LogP contribution in [0.5, 0.6) is 11.5 Å². The number of halogens is 1. The van der Waals surface area contributed by atoms with Gasteiger partial charge in [-0.05, 0) is 36.2 Å². The van der Waals surface area contributed by atoms with Crippen LogP contribution >= 0.6 is 0 Å². The maximum atomic E-state index is 14.4. The Morgan fingerprint density at radius 1 is 1.32 bits per heavy atom. The van der Waals surface area contributed by atoms with Gasteiger partial charge in [-0.1, -0.05) is 18.2 Å². The number of nitrogens with one attached hydrogen (secondary N) is 1. The first-order valence-corrected chi connectivity index (χ1v) is 10.5. The summed E-state index contributed by atoms with van der Waals surface area (Å²) in [6.07, 6.45) is 0.311. The quantitative estimate of drug-likeness (QED) is 0.676. The highest BCUT2D eigenvalue weighted by atomic mass is 19.1. The fourth-order valence-corrected chi connectivity index (χ4v) is 5.00. The van der Waals surface area contributed by atoms with Gasteiger partial charge < -0.3 is 25.0 Å². The van der Waals surface area contributed by atoms with Crippen molar-refractivity contribution >= 4 is 11.6 Å². The van der Waals surface area contributed by atoms with Gasteiger partial charge in [-0.2, -0.15) is 0 Å². The molecule has 164 valence electrons. The molecular formula is C23H25FN2O5. The molecule has 1 unspecified atom stereocenters. The molecular weight excluding hydrogens is 403 g/mol. The molecule has 1 saturated heterocycles. The number of benzene rings is 2. The summed E-state index contributed by atoms with van der Waals surface area (Å²) >= 11 is 0. The number of aliphatic hydroxyl groups excluding tert-OH is 1. The summed E-state index contributed by atoms with van der Waals surface area (Å²) in [5.74, 6) is 0.0263. The predicted octanol–water partition coefficient (Wildman–Crippen LogP) is 2.09. The van der Waals surface area contributed by atoms with Crippen molar-refractivity contribution in [2.45, 2.75) is 30.7 Å². The normalized spacial score (nSPS) is 28.4. The maximum absolute atomic E-state index is 14.4. The second-order valence-electron chi connectivity index (χ2n) is 8.72. The third-order valence-corrected chi connectivity index (χ3v) is 6.43. The van der Waals surface area contributed by atoms with E-state index in [4.69, 9.17) is 9.47 Å². The van der Waals surface area contributed by atoms with Crippen molar-refractivity contribution in [1.29, 1.82) is 0 Å². The van der Waals surface area contributed by atoms with E-state index in [1.54, 1.807) is 6.07 Å². The minimum Gasteiger partial charge on any atom is -0.490 e. The van der Waals surface area contributed by atoms with Crippen LogP contribution in [0.3, 0.4) is 0 Å². The molecule has 2 fully saturated rings. The SMILES string of the molecule is O=C1COc2cc(C(O)CN3C[C@H]4C[C@H](Oc5ccccc5)C[C@@]4(O)C3)cc(F)c2N1. The Morgan fingerprint density at radius 3 is 2.90 bits per heavy atom. The van der Waals surface area contributed by atoms with Gasteiger partial charge in [0.15, 0.2) is 12.4 Å². The summed E-state index contributed by atoms with van der Waals surface area (Å²) in [5.41, 5.74) is -0.475. The van der Waals surface area contributed by atoms with E-state index in [0.717, 1.165) is 12.2 Å². The van der Waals surface area contributed by atoms with Crippen molar-refractivity contribution in [2.24, 2.45) is 5.92 Å². The zero-order valence-electron chi connectivity index (χ0n) is 17.0. The Hall–Kier alpha value is -2.68. The number of para-hydroxylation sites is 1. The summed E-state index contributed by atoms with van der Waals surface area (Å²) in [7, 11) is 0. The van der Waals surface area contributed by atoms with E-state index in [2.05, 4.69) is 5.32 Å². The maximum Gasteiger partial charge on any atom is 0.262 e. The first-order chi connectivity index (χ1) is 14.9. The van der Waals surface area contributed by atoms with Crippen molar-refractivity contribution in [3.8, 4) is 11.5 Å². The van der Waals surface area contributed by atoms with Crippen LogP contribution in [0.1, 0.15) is 24.5 Å². The number of fused-ring (bicyclic) bond motifs is 2. The molecule has 2 aromatic carbocycles. The minimum absolute atomic E-state index is 0.00155. The van der Waals surface area contributed by atoms with E-state index < -0.39 is 23.4 Å². The molecule has 0 spiro atoms. The van der Waals surface area contributed by atoms with Crippen LogP contribution in [0.4, 0.5) is 10.1 Å². The van der Waals surface area contributed by atoms with Gasteiger partial charge in [0.1, 0.15) is 23.3 Å². The highest BCUT2D eigenvalue weighted by Gasteiger charge is 2.52. The Balaban J connectivity index is 1.21. The number of aliphatic hydroxyl groups is 2. The van der Waals surface area contributed by atoms with E-state index in [9.17, 15) is 19.4 Å². The molecule has 5 rings (SSSR count). The van der Waals surface area contributed by atoms with Gasteiger partial charge >= 0.3 is 0 Å². The van der Waals surface area contributed by atoms with Crippen LogP contribution in [0.15, 0.2) is 42.5 Å². The van der Waals surface area contributed by atoms with Gasteiger partial charge in [0.05, 0.1) is 11.7 Å². The fourth-order valence-electron chi connectivity index (χ4n) is 5.00. The summed E-state index contributed by atoms with van der Waals surface area (Å²) in [4.78, 5) is 13.4. The molecule has 0 aromatic heterocycles. The molecule has 3 N–H and O–H groups in total. The molecule has 8 heteroatoms. The largest absolute Gasteiger partial charge is 0.490 e. The number of nitrogens with zero attached hydrogens (tertiary/aromatic N) is 1. The molecule has 2 heterocycles. The minimum atomic E-state index is -0.945. The van der Waals surface area contributed by atoms with Crippen LogP contribution in [0.2, 0.25) is 0 Å². The number of β-amino-alcohol motifs (C(OH)–C–C–N with tert-alkyl or cyclic N) is 2. The topological polar surface area (TPSA) is 91.3 Å². The van der Waals surface area contributed by atoms with Crippen LogP contribution in [-0.2, 0) is 4.79 Å². The number of anilines is 1. The molecule has 1 amide bonds. The van der Waals surface area contributed by atoms with Crippen molar-refractivity contribution < 1.29 is 28.9 Å². The number of carbonyl (C=O) groups is 1. The number of amides is 1. The number of rotatable bonds is 5.